The highest BCUT2D eigenvalue weighted by Crippen LogP contribution is 2.10. The third kappa shape index (κ3) is 3.19. The first-order valence-corrected chi connectivity index (χ1v) is 4.60. The van der Waals surface area contributed by atoms with E-state index in [0.717, 1.165) is 0 Å². The lowest BCUT2D eigenvalue weighted by molar-refractivity contribution is -0.137. The standard InChI is InChI=1S/C9H12N4O3/c1-5(4-6(14)15)13-9-7(8(10)16)11-2-3-12-9/h2-3,5H,4H2,1H3,(H2,10,16)(H,12,13)(H,14,15). The summed E-state index contributed by atoms with van der Waals surface area (Å²) >= 11 is 0. The van der Waals surface area contributed by atoms with Crippen molar-refractivity contribution in [2.75, 3.05) is 5.32 Å². The molecule has 1 heterocycles. The van der Waals surface area contributed by atoms with Gasteiger partial charge in [0.05, 0.1) is 6.42 Å². The van der Waals surface area contributed by atoms with Crippen molar-refractivity contribution >= 4 is 17.7 Å². The van der Waals surface area contributed by atoms with E-state index < -0.39 is 11.9 Å². The quantitative estimate of drug-likeness (QED) is 0.640. The molecule has 86 valence electrons. The van der Waals surface area contributed by atoms with E-state index in [9.17, 15) is 9.59 Å². The molecule has 0 radical (unpaired) electrons. The molecule has 7 nitrogen and oxygen atoms in total. The molecular weight excluding hydrogens is 212 g/mol. The number of anilines is 1. The molecule has 1 atom stereocenters. The average molecular weight is 224 g/mol. The number of aliphatic carboxylic acids is 1. The summed E-state index contributed by atoms with van der Waals surface area (Å²) in [7, 11) is 0. The molecule has 0 aliphatic carbocycles. The van der Waals surface area contributed by atoms with Crippen molar-refractivity contribution in [3.05, 3.63) is 18.1 Å². The van der Waals surface area contributed by atoms with E-state index in [2.05, 4.69) is 15.3 Å². The largest absolute Gasteiger partial charge is 0.481 e. The molecule has 7 heteroatoms. The fourth-order valence-electron chi connectivity index (χ4n) is 1.17. The van der Waals surface area contributed by atoms with E-state index in [0.29, 0.717) is 0 Å². The number of carbonyl (C=O) groups is 2. The second kappa shape index (κ2) is 5.06. The van der Waals surface area contributed by atoms with Gasteiger partial charge in [-0.05, 0) is 6.92 Å². The van der Waals surface area contributed by atoms with Gasteiger partial charge in [-0.3, -0.25) is 9.59 Å². The first kappa shape index (κ1) is 11.9. The lowest BCUT2D eigenvalue weighted by Gasteiger charge is -2.13. The number of hydrogen-bond acceptors (Lipinski definition) is 5. The van der Waals surface area contributed by atoms with Gasteiger partial charge >= 0.3 is 5.97 Å². The molecule has 1 aromatic heterocycles. The highest BCUT2D eigenvalue weighted by atomic mass is 16.4. The molecule has 1 unspecified atom stereocenters. The number of carbonyl (C=O) groups excluding carboxylic acids is 1. The molecular formula is C9H12N4O3. The first-order chi connectivity index (χ1) is 7.50. The van der Waals surface area contributed by atoms with Gasteiger partial charge in [0.25, 0.3) is 5.91 Å². The van der Waals surface area contributed by atoms with Crippen LogP contribution in [0.15, 0.2) is 12.4 Å². The lowest BCUT2D eigenvalue weighted by atomic mass is 10.2. The number of carboxylic acid groups (broad SMARTS) is 1. The van der Waals surface area contributed by atoms with Crippen LogP contribution in [0.2, 0.25) is 0 Å². The fourth-order valence-corrected chi connectivity index (χ4v) is 1.17. The Morgan fingerprint density at radius 3 is 2.69 bits per heavy atom. The normalized spacial score (nSPS) is 11.8. The molecule has 0 aliphatic rings. The van der Waals surface area contributed by atoms with Crippen molar-refractivity contribution in [1.82, 2.24) is 9.97 Å². The Bertz CT molecular complexity index is 407. The van der Waals surface area contributed by atoms with Crippen LogP contribution in [0.4, 0.5) is 5.82 Å². The zero-order chi connectivity index (χ0) is 12.1. The predicted octanol–water partition coefficient (Wildman–Crippen LogP) is -0.149. The molecule has 0 spiro atoms. The zero-order valence-corrected chi connectivity index (χ0v) is 8.67. The van der Waals surface area contributed by atoms with Gasteiger partial charge < -0.3 is 16.2 Å². The van der Waals surface area contributed by atoms with Crippen LogP contribution in [0, 0.1) is 0 Å². The molecule has 1 aromatic rings. The summed E-state index contributed by atoms with van der Waals surface area (Å²) in [6, 6.07) is -0.368. The van der Waals surface area contributed by atoms with Crippen molar-refractivity contribution < 1.29 is 14.7 Å². The molecule has 0 saturated carbocycles. The average Bonchev–Trinajstić information content (AvgIpc) is 2.16. The summed E-state index contributed by atoms with van der Waals surface area (Å²) < 4.78 is 0. The number of amides is 1. The fraction of sp³-hybridized carbons (Fsp3) is 0.333. The van der Waals surface area contributed by atoms with Crippen LogP contribution in [0.1, 0.15) is 23.8 Å². The smallest absolute Gasteiger partial charge is 0.305 e. The topological polar surface area (TPSA) is 118 Å². The minimum absolute atomic E-state index is 0.000242. The third-order valence-electron chi connectivity index (χ3n) is 1.80. The number of nitrogens with two attached hydrogens (primary N) is 1. The number of carboxylic acids is 1. The van der Waals surface area contributed by atoms with Gasteiger partial charge in [0.2, 0.25) is 0 Å². The molecule has 1 rings (SSSR count). The Morgan fingerprint density at radius 2 is 2.12 bits per heavy atom. The van der Waals surface area contributed by atoms with Crippen LogP contribution in [-0.4, -0.2) is 33.0 Å². The van der Waals surface area contributed by atoms with Crippen molar-refractivity contribution in [3.8, 4) is 0 Å². The summed E-state index contributed by atoms with van der Waals surface area (Å²) in [5.74, 6) is -1.45. The SMILES string of the molecule is CC(CC(=O)O)Nc1nccnc1C(N)=O. The van der Waals surface area contributed by atoms with E-state index in [4.69, 9.17) is 10.8 Å². The Hall–Kier alpha value is -2.18. The second-order valence-corrected chi connectivity index (χ2v) is 3.26. The molecule has 0 aliphatic heterocycles. The highest BCUT2D eigenvalue weighted by Gasteiger charge is 2.14. The molecule has 1 amide bonds. The Morgan fingerprint density at radius 1 is 1.50 bits per heavy atom. The van der Waals surface area contributed by atoms with Crippen LogP contribution in [0.25, 0.3) is 0 Å². The van der Waals surface area contributed by atoms with Gasteiger partial charge in [-0.1, -0.05) is 0 Å². The number of rotatable bonds is 5. The van der Waals surface area contributed by atoms with Crippen molar-refractivity contribution in [2.45, 2.75) is 19.4 Å². The van der Waals surface area contributed by atoms with Gasteiger partial charge in [-0.2, -0.15) is 0 Å². The Kier molecular flexibility index (Phi) is 3.76. The number of primary amides is 1. The number of nitrogens with zero attached hydrogens (tertiary/aromatic N) is 2. The van der Waals surface area contributed by atoms with Crippen molar-refractivity contribution in [2.24, 2.45) is 5.73 Å². The van der Waals surface area contributed by atoms with Gasteiger partial charge in [-0.15, -0.1) is 0 Å². The van der Waals surface area contributed by atoms with Crippen LogP contribution >= 0.6 is 0 Å². The maximum absolute atomic E-state index is 11.0. The van der Waals surface area contributed by atoms with E-state index >= 15 is 0 Å². The molecule has 0 saturated heterocycles. The minimum Gasteiger partial charge on any atom is -0.481 e. The number of aromatic nitrogens is 2. The lowest BCUT2D eigenvalue weighted by Crippen LogP contribution is -2.24. The monoisotopic (exact) mass is 224 g/mol. The first-order valence-electron chi connectivity index (χ1n) is 4.60. The summed E-state index contributed by atoms with van der Waals surface area (Å²) in [5, 5.41) is 11.3. The van der Waals surface area contributed by atoms with Gasteiger partial charge in [0.1, 0.15) is 0 Å². The summed E-state index contributed by atoms with van der Waals surface area (Å²) in [5.41, 5.74) is 5.09. The molecule has 16 heavy (non-hydrogen) atoms. The van der Waals surface area contributed by atoms with E-state index in [1.54, 1.807) is 6.92 Å². The van der Waals surface area contributed by atoms with Crippen LogP contribution < -0.4 is 11.1 Å². The van der Waals surface area contributed by atoms with E-state index in [1.165, 1.54) is 12.4 Å². The van der Waals surface area contributed by atoms with Crippen LogP contribution in [0.5, 0.6) is 0 Å². The molecule has 0 aromatic carbocycles. The zero-order valence-electron chi connectivity index (χ0n) is 8.67. The summed E-state index contributed by atoms with van der Waals surface area (Å²) in [6.07, 6.45) is 2.64. The van der Waals surface area contributed by atoms with Gasteiger partial charge in [0.15, 0.2) is 11.5 Å². The Labute approximate surface area is 91.7 Å². The maximum atomic E-state index is 11.0. The summed E-state index contributed by atoms with van der Waals surface area (Å²) in [4.78, 5) is 29.1. The Balaban J connectivity index is 2.80. The van der Waals surface area contributed by atoms with E-state index in [-0.39, 0.29) is 24.0 Å². The molecule has 0 bridgehead atoms. The van der Waals surface area contributed by atoms with Crippen molar-refractivity contribution in [1.29, 1.82) is 0 Å². The summed E-state index contributed by atoms with van der Waals surface area (Å²) in [6.45, 7) is 1.66. The molecule has 0 fully saturated rings. The highest BCUT2D eigenvalue weighted by molar-refractivity contribution is 5.95. The van der Waals surface area contributed by atoms with E-state index in [1.807, 2.05) is 0 Å². The second-order valence-electron chi connectivity index (χ2n) is 3.26. The van der Waals surface area contributed by atoms with Crippen LogP contribution in [0.3, 0.4) is 0 Å². The minimum atomic E-state index is -0.940. The number of nitrogens with one attached hydrogen (secondary N) is 1. The molecule has 4 N–H and O–H groups in total. The van der Waals surface area contributed by atoms with Gasteiger partial charge in [0, 0.05) is 18.4 Å². The van der Waals surface area contributed by atoms with Crippen molar-refractivity contribution in [3.63, 3.8) is 0 Å². The predicted molar refractivity (Wildman–Crippen MR) is 55.9 cm³/mol. The van der Waals surface area contributed by atoms with Crippen LogP contribution in [-0.2, 0) is 4.79 Å². The number of hydrogen-bond donors (Lipinski definition) is 3. The third-order valence-corrected chi connectivity index (χ3v) is 1.80. The maximum Gasteiger partial charge on any atom is 0.305 e. The van der Waals surface area contributed by atoms with Gasteiger partial charge in [-0.25, -0.2) is 9.97 Å².